The van der Waals surface area contributed by atoms with Crippen LogP contribution in [-0.2, 0) is 4.79 Å². The lowest BCUT2D eigenvalue weighted by molar-refractivity contribution is -0.128. The zero-order valence-electron chi connectivity index (χ0n) is 11.0. The third-order valence-electron chi connectivity index (χ3n) is 2.71. The van der Waals surface area contributed by atoms with E-state index in [-0.39, 0.29) is 5.91 Å². The molecule has 0 aliphatic heterocycles. The van der Waals surface area contributed by atoms with Crippen LogP contribution in [0.2, 0.25) is 0 Å². The second-order valence-corrected chi connectivity index (χ2v) is 4.62. The number of hydrogen-bond acceptors (Lipinski definition) is 3. The molecule has 1 rings (SSSR count). The van der Waals surface area contributed by atoms with Gasteiger partial charge in [-0.25, -0.2) is 0 Å². The normalized spacial score (nSPS) is 10.0. The molecule has 1 aromatic carbocycles. The van der Waals surface area contributed by atoms with Crippen molar-refractivity contribution in [2.24, 2.45) is 0 Å². The number of hydrogen-bond donors (Lipinski definition) is 1. The Labute approximate surface area is 116 Å². The predicted molar refractivity (Wildman–Crippen MR) is 77.1 cm³/mol. The molecule has 1 N–H and O–H groups in total. The van der Waals surface area contributed by atoms with Gasteiger partial charge in [0, 0.05) is 18.8 Å². The summed E-state index contributed by atoms with van der Waals surface area (Å²) in [6, 6.07) is 5.64. The van der Waals surface area contributed by atoms with Crippen molar-refractivity contribution in [1.29, 1.82) is 0 Å². The quantitative estimate of drug-likeness (QED) is 0.878. The van der Waals surface area contributed by atoms with Gasteiger partial charge in [-0.2, -0.15) is 0 Å². The molecule has 18 heavy (non-hydrogen) atoms. The molecule has 0 heterocycles. The van der Waals surface area contributed by atoms with E-state index < -0.39 is 0 Å². The first-order chi connectivity index (χ1) is 8.62. The Morgan fingerprint density at radius 3 is 2.56 bits per heavy atom. The Morgan fingerprint density at radius 1 is 1.39 bits per heavy atom. The van der Waals surface area contributed by atoms with Gasteiger partial charge in [-0.3, -0.25) is 4.79 Å². The number of anilines is 1. The highest BCUT2D eigenvalue weighted by Gasteiger charge is 2.09. The van der Waals surface area contributed by atoms with Crippen LogP contribution in [0.15, 0.2) is 22.7 Å². The van der Waals surface area contributed by atoms with Gasteiger partial charge in [-0.1, -0.05) is 0 Å². The Morgan fingerprint density at radius 2 is 2.06 bits per heavy atom. The largest absolute Gasteiger partial charge is 0.496 e. The predicted octanol–water partition coefficient (Wildman–Crippen LogP) is 2.74. The number of likely N-dealkylation sites (N-methyl/N-ethyl adjacent to an activating group) is 1. The van der Waals surface area contributed by atoms with Gasteiger partial charge in [0.1, 0.15) is 5.75 Å². The Balaban J connectivity index is 2.58. The van der Waals surface area contributed by atoms with Crippen LogP contribution in [0, 0.1) is 0 Å². The van der Waals surface area contributed by atoms with Gasteiger partial charge in [0.15, 0.2) is 0 Å². The number of ether oxygens (including phenoxy) is 1. The van der Waals surface area contributed by atoms with Crippen molar-refractivity contribution in [1.82, 2.24) is 4.90 Å². The van der Waals surface area contributed by atoms with E-state index in [0.717, 1.165) is 29.0 Å². The SMILES string of the molecule is CCN(CC)C(=O)CNc1ccc(OC)c(Br)c1. The number of halogens is 1. The number of benzene rings is 1. The molecular weight excluding hydrogens is 296 g/mol. The maximum atomic E-state index is 11.8. The van der Waals surface area contributed by atoms with Crippen molar-refractivity contribution in [2.75, 3.05) is 32.1 Å². The molecule has 0 fully saturated rings. The van der Waals surface area contributed by atoms with Gasteiger partial charge in [0.25, 0.3) is 0 Å². The summed E-state index contributed by atoms with van der Waals surface area (Å²) < 4.78 is 6.01. The molecule has 0 aliphatic rings. The van der Waals surface area contributed by atoms with E-state index in [9.17, 15) is 4.79 Å². The van der Waals surface area contributed by atoms with Crippen molar-refractivity contribution >= 4 is 27.5 Å². The number of carbonyl (C=O) groups is 1. The maximum absolute atomic E-state index is 11.8. The number of amides is 1. The maximum Gasteiger partial charge on any atom is 0.241 e. The number of nitrogens with zero attached hydrogens (tertiary/aromatic N) is 1. The summed E-state index contributed by atoms with van der Waals surface area (Å²) in [7, 11) is 1.62. The monoisotopic (exact) mass is 314 g/mol. The number of nitrogens with one attached hydrogen (secondary N) is 1. The van der Waals surface area contributed by atoms with E-state index in [2.05, 4.69) is 21.2 Å². The molecule has 0 radical (unpaired) electrons. The molecule has 0 saturated carbocycles. The van der Waals surface area contributed by atoms with E-state index in [1.807, 2.05) is 32.0 Å². The van der Waals surface area contributed by atoms with E-state index in [1.54, 1.807) is 12.0 Å². The van der Waals surface area contributed by atoms with Crippen LogP contribution in [0.25, 0.3) is 0 Å². The zero-order chi connectivity index (χ0) is 13.5. The molecule has 1 amide bonds. The molecule has 0 atom stereocenters. The highest BCUT2D eigenvalue weighted by molar-refractivity contribution is 9.10. The van der Waals surface area contributed by atoms with Gasteiger partial charge in [0.05, 0.1) is 18.1 Å². The fourth-order valence-electron chi connectivity index (χ4n) is 1.64. The Kier molecular flexibility index (Phi) is 5.98. The fourth-order valence-corrected chi connectivity index (χ4v) is 2.18. The standard InChI is InChI=1S/C13H19BrN2O2/c1-4-16(5-2)13(17)9-15-10-6-7-12(18-3)11(14)8-10/h6-8,15H,4-5,9H2,1-3H3. The first-order valence-electron chi connectivity index (χ1n) is 5.97. The van der Waals surface area contributed by atoms with Crippen molar-refractivity contribution in [3.05, 3.63) is 22.7 Å². The van der Waals surface area contributed by atoms with Gasteiger partial charge >= 0.3 is 0 Å². The lowest BCUT2D eigenvalue weighted by atomic mass is 10.3. The van der Waals surface area contributed by atoms with E-state index in [0.29, 0.717) is 6.54 Å². The van der Waals surface area contributed by atoms with Gasteiger partial charge < -0.3 is 15.0 Å². The van der Waals surface area contributed by atoms with Crippen LogP contribution in [0.1, 0.15) is 13.8 Å². The fraction of sp³-hybridized carbons (Fsp3) is 0.462. The van der Waals surface area contributed by atoms with Crippen molar-refractivity contribution in [3.63, 3.8) is 0 Å². The number of methoxy groups -OCH3 is 1. The zero-order valence-corrected chi connectivity index (χ0v) is 12.6. The average Bonchev–Trinajstić information content (AvgIpc) is 2.38. The minimum atomic E-state index is 0.104. The minimum absolute atomic E-state index is 0.104. The molecule has 100 valence electrons. The van der Waals surface area contributed by atoms with Crippen LogP contribution in [-0.4, -0.2) is 37.6 Å². The molecule has 4 nitrogen and oxygen atoms in total. The Hall–Kier alpha value is -1.23. The smallest absolute Gasteiger partial charge is 0.241 e. The molecule has 0 aliphatic carbocycles. The summed E-state index contributed by atoms with van der Waals surface area (Å²) in [5.74, 6) is 0.877. The van der Waals surface area contributed by atoms with Gasteiger partial charge in [-0.15, -0.1) is 0 Å². The van der Waals surface area contributed by atoms with E-state index in [4.69, 9.17) is 4.74 Å². The van der Waals surface area contributed by atoms with Gasteiger partial charge in [-0.05, 0) is 48.0 Å². The lowest BCUT2D eigenvalue weighted by Crippen LogP contribution is -2.35. The molecule has 0 aromatic heterocycles. The summed E-state index contributed by atoms with van der Waals surface area (Å²) in [6.07, 6.45) is 0. The molecule has 0 unspecified atom stereocenters. The molecular formula is C13H19BrN2O2. The van der Waals surface area contributed by atoms with E-state index >= 15 is 0 Å². The van der Waals surface area contributed by atoms with Crippen LogP contribution in [0.4, 0.5) is 5.69 Å². The van der Waals surface area contributed by atoms with Gasteiger partial charge in [0.2, 0.25) is 5.91 Å². The Bertz CT molecular complexity index is 406. The highest BCUT2D eigenvalue weighted by Crippen LogP contribution is 2.27. The van der Waals surface area contributed by atoms with Crippen LogP contribution in [0.5, 0.6) is 5.75 Å². The second kappa shape index (κ2) is 7.26. The summed E-state index contributed by atoms with van der Waals surface area (Å²) in [4.78, 5) is 13.6. The third-order valence-corrected chi connectivity index (χ3v) is 3.33. The van der Waals surface area contributed by atoms with Crippen LogP contribution >= 0.6 is 15.9 Å². The van der Waals surface area contributed by atoms with Crippen molar-refractivity contribution in [2.45, 2.75) is 13.8 Å². The van der Waals surface area contributed by atoms with Crippen LogP contribution in [0.3, 0.4) is 0 Å². The summed E-state index contributed by atoms with van der Waals surface area (Å²) >= 11 is 3.41. The molecule has 1 aromatic rings. The first kappa shape index (κ1) is 14.8. The molecule has 0 bridgehead atoms. The third kappa shape index (κ3) is 3.91. The first-order valence-corrected chi connectivity index (χ1v) is 6.76. The number of carbonyl (C=O) groups excluding carboxylic acids is 1. The number of rotatable bonds is 6. The molecule has 5 heteroatoms. The highest BCUT2D eigenvalue weighted by atomic mass is 79.9. The second-order valence-electron chi connectivity index (χ2n) is 3.77. The summed E-state index contributed by atoms with van der Waals surface area (Å²) in [5.41, 5.74) is 0.892. The van der Waals surface area contributed by atoms with Crippen molar-refractivity contribution < 1.29 is 9.53 Å². The lowest BCUT2D eigenvalue weighted by Gasteiger charge is -2.19. The molecule has 0 saturated heterocycles. The minimum Gasteiger partial charge on any atom is -0.496 e. The van der Waals surface area contributed by atoms with E-state index in [1.165, 1.54) is 0 Å². The average molecular weight is 315 g/mol. The molecule has 0 spiro atoms. The summed E-state index contributed by atoms with van der Waals surface area (Å²) in [5, 5.41) is 3.11. The summed E-state index contributed by atoms with van der Waals surface area (Å²) in [6.45, 7) is 5.74. The van der Waals surface area contributed by atoms with Crippen molar-refractivity contribution in [3.8, 4) is 5.75 Å². The van der Waals surface area contributed by atoms with Crippen LogP contribution < -0.4 is 10.1 Å². The topological polar surface area (TPSA) is 41.6 Å².